The van der Waals surface area contributed by atoms with Crippen molar-refractivity contribution >= 4 is 15.9 Å². The summed E-state index contributed by atoms with van der Waals surface area (Å²) in [7, 11) is 0. The molecule has 0 aromatic heterocycles. The van der Waals surface area contributed by atoms with Gasteiger partial charge in [0.1, 0.15) is 5.75 Å². The van der Waals surface area contributed by atoms with Crippen molar-refractivity contribution in [3.05, 3.63) is 28.2 Å². The van der Waals surface area contributed by atoms with Crippen LogP contribution in [-0.2, 0) is 6.42 Å². The van der Waals surface area contributed by atoms with E-state index in [1.54, 1.807) is 12.1 Å². The summed E-state index contributed by atoms with van der Waals surface area (Å²) < 4.78 is 28.9. The maximum Gasteiger partial charge on any atom is 0.387 e. The van der Waals surface area contributed by atoms with Gasteiger partial charge >= 0.3 is 6.61 Å². The Balaban J connectivity index is 2.83. The van der Waals surface area contributed by atoms with Gasteiger partial charge in [-0.15, -0.1) is 0 Å². The molecule has 78 valence electrons. The van der Waals surface area contributed by atoms with Crippen molar-refractivity contribution in [2.24, 2.45) is 5.73 Å². The van der Waals surface area contributed by atoms with E-state index in [1.807, 2.05) is 0 Å². The first-order chi connectivity index (χ1) is 6.63. The molecule has 0 aliphatic carbocycles. The van der Waals surface area contributed by atoms with Crippen LogP contribution in [0.4, 0.5) is 8.78 Å². The van der Waals surface area contributed by atoms with Gasteiger partial charge in [-0.05, 0) is 36.7 Å². The minimum absolute atomic E-state index is 0.159. The fourth-order valence-corrected chi connectivity index (χ4v) is 1.52. The van der Waals surface area contributed by atoms with Crippen LogP contribution in [0, 0.1) is 0 Å². The smallest absolute Gasteiger partial charge is 0.387 e. The molecular formula is C9H10BrF2NO. The summed E-state index contributed by atoms with van der Waals surface area (Å²) in [5, 5.41) is 0. The molecule has 0 bridgehead atoms. The molecule has 2 nitrogen and oxygen atoms in total. The predicted molar refractivity (Wildman–Crippen MR) is 53.5 cm³/mol. The second-order valence-electron chi connectivity index (χ2n) is 2.67. The first-order valence-electron chi connectivity index (χ1n) is 4.07. The Kier molecular flexibility index (Phi) is 4.28. The average molecular weight is 266 g/mol. The normalized spacial score (nSPS) is 10.6. The first kappa shape index (κ1) is 11.4. The third-order valence-corrected chi connectivity index (χ3v) is 2.43. The lowest BCUT2D eigenvalue weighted by Gasteiger charge is -2.07. The molecule has 5 heteroatoms. The average Bonchev–Trinajstić information content (AvgIpc) is 2.10. The number of hydrogen-bond donors (Lipinski definition) is 1. The molecule has 0 radical (unpaired) electrons. The van der Waals surface area contributed by atoms with Crippen LogP contribution in [0.25, 0.3) is 0 Å². The number of rotatable bonds is 4. The van der Waals surface area contributed by atoms with Crippen LogP contribution in [0.5, 0.6) is 5.75 Å². The maximum atomic E-state index is 11.9. The fourth-order valence-electron chi connectivity index (χ4n) is 1.07. The van der Waals surface area contributed by atoms with Gasteiger partial charge in [0.05, 0.1) is 0 Å². The van der Waals surface area contributed by atoms with Gasteiger partial charge in [0, 0.05) is 4.47 Å². The van der Waals surface area contributed by atoms with Crippen LogP contribution in [-0.4, -0.2) is 13.2 Å². The van der Waals surface area contributed by atoms with Gasteiger partial charge < -0.3 is 10.5 Å². The van der Waals surface area contributed by atoms with Crippen molar-refractivity contribution < 1.29 is 13.5 Å². The van der Waals surface area contributed by atoms with E-state index in [9.17, 15) is 8.78 Å². The Morgan fingerprint density at radius 3 is 2.71 bits per heavy atom. The highest BCUT2D eigenvalue weighted by Gasteiger charge is 2.06. The van der Waals surface area contributed by atoms with E-state index in [0.29, 0.717) is 13.0 Å². The summed E-state index contributed by atoms with van der Waals surface area (Å²) in [6.45, 7) is -2.32. The second kappa shape index (κ2) is 5.26. The molecule has 14 heavy (non-hydrogen) atoms. The molecule has 0 atom stereocenters. The van der Waals surface area contributed by atoms with Gasteiger partial charge in [-0.3, -0.25) is 0 Å². The van der Waals surface area contributed by atoms with Crippen molar-refractivity contribution in [3.8, 4) is 5.75 Å². The molecule has 1 aromatic carbocycles. The second-order valence-corrected chi connectivity index (χ2v) is 3.52. The molecule has 0 spiro atoms. The van der Waals surface area contributed by atoms with Gasteiger partial charge in [0.25, 0.3) is 0 Å². The van der Waals surface area contributed by atoms with Crippen LogP contribution >= 0.6 is 15.9 Å². The van der Waals surface area contributed by atoms with E-state index >= 15 is 0 Å². The zero-order chi connectivity index (χ0) is 10.6. The monoisotopic (exact) mass is 265 g/mol. The Hall–Kier alpha value is -0.680. The summed E-state index contributed by atoms with van der Waals surface area (Å²) >= 11 is 3.30. The van der Waals surface area contributed by atoms with Crippen LogP contribution in [0.3, 0.4) is 0 Å². The topological polar surface area (TPSA) is 35.2 Å². The lowest BCUT2D eigenvalue weighted by atomic mass is 10.1. The molecule has 0 amide bonds. The molecule has 0 aliphatic heterocycles. The van der Waals surface area contributed by atoms with Crippen molar-refractivity contribution in [3.63, 3.8) is 0 Å². The van der Waals surface area contributed by atoms with Crippen molar-refractivity contribution in [1.82, 2.24) is 0 Å². The highest BCUT2D eigenvalue weighted by atomic mass is 79.9. The van der Waals surface area contributed by atoms with Gasteiger partial charge in [0.15, 0.2) is 0 Å². The summed E-state index contributed by atoms with van der Waals surface area (Å²) in [6, 6.07) is 4.71. The lowest BCUT2D eigenvalue weighted by molar-refractivity contribution is -0.0498. The summed E-state index contributed by atoms with van der Waals surface area (Å²) in [4.78, 5) is 0. The summed E-state index contributed by atoms with van der Waals surface area (Å²) in [5.74, 6) is 0.159. The molecule has 1 aromatic rings. The minimum atomic E-state index is -2.79. The number of hydrogen-bond acceptors (Lipinski definition) is 2. The number of halogens is 3. The molecule has 0 unspecified atom stereocenters. The maximum absolute atomic E-state index is 11.9. The Morgan fingerprint density at radius 1 is 1.43 bits per heavy atom. The van der Waals surface area contributed by atoms with Crippen LogP contribution < -0.4 is 10.5 Å². The summed E-state index contributed by atoms with van der Waals surface area (Å²) in [5.41, 5.74) is 6.24. The van der Waals surface area contributed by atoms with E-state index in [1.165, 1.54) is 6.07 Å². The van der Waals surface area contributed by atoms with Crippen LogP contribution in [0.1, 0.15) is 5.56 Å². The zero-order valence-corrected chi connectivity index (χ0v) is 8.93. The van der Waals surface area contributed by atoms with Crippen LogP contribution in [0.15, 0.2) is 22.7 Å². The quantitative estimate of drug-likeness (QED) is 0.908. The van der Waals surface area contributed by atoms with E-state index in [0.717, 1.165) is 10.0 Å². The van der Waals surface area contributed by atoms with E-state index in [4.69, 9.17) is 5.73 Å². The highest BCUT2D eigenvalue weighted by molar-refractivity contribution is 9.10. The van der Waals surface area contributed by atoms with Gasteiger partial charge in [0.2, 0.25) is 0 Å². The molecule has 0 aliphatic rings. The first-order valence-corrected chi connectivity index (χ1v) is 4.86. The fraction of sp³-hybridized carbons (Fsp3) is 0.333. The third kappa shape index (κ3) is 3.23. The standard InChI is InChI=1S/C9H10BrF2NO/c10-8-2-1-7(14-9(11)12)5-6(8)3-4-13/h1-2,5,9H,3-4,13H2. The Bertz CT molecular complexity index is 307. The molecule has 1 rings (SSSR count). The van der Waals surface area contributed by atoms with Crippen molar-refractivity contribution in [1.29, 1.82) is 0 Å². The zero-order valence-electron chi connectivity index (χ0n) is 7.34. The highest BCUT2D eigenvalue weighted by Crippen LogP contribution is 2.23. The molecule has 2 N–H and O–H groups in total. The van der Waals surface area contributed by atoms with Crippen molar-refractivity contribution in [2.45, 2.75) is 13.0 Å². The molecule has 0 heterocycles. The SMILES string of the molecule is NCCc1cc(OC(F)F)ccc1Br. The van der Waals surface area contributed by atoms with E-state index < -0.39 is 6.61 Å². The van der Waals surface area contributed by atoms with Gasteiger partial charge in [-0.1, -0.05) is 15.9 Å². The van der Waals surface area contributed by atoms with Gasteiger partial charge in [-0.25, -0.2) is 0 Å². The molecule has 0 fully saturated rings. The minimum Gasteiger partial charge on any atom is -0.435 e. The van der Waals surface area contributed by atoms with E-state index in [-0.39, 0.29) is 5.75 Å². The number of nitrogens with two attached hydrogens (primary N) is 1. The lowest BCUT2D eigenvalue weighted by Crippen LogP contribution is -2.05. The van der Waals surface area contributed by atoms with Crippen LogP contribution in [0.2, 0.25) is 0 Å². The van der Waals surface area contributed by atoms with E-state index in [2.05, 4.69) is 20.7 Å². The number of ether oxygens (including phenoxy) is 1. The Morgan fingerprint density at radius 2 is 2.14 bits per heavy atom. The predicted octanol–water partition coefficient (Wildman–Crippen LogP) is 2.55. The van der Waals surface area contributed by atoms with Gasteiger partial charge in [-0.2, -0.15) is 8.78 Å². The largest absolute Gasteiger partial charge is 0.435 e. The molecule has 0 saturated heterocycles. The Labute approximate surface area is 89.2 Å². The number of alkyl halides is 2. The molecule has 0 saturated carbocycles. The molecular weight excluding hydrogens is 256 g/mol. The van der Waals surface area contributed by atoms with Crippen molar-refractivity contribution in [2.75, 3.05) is 6.54 Å². The number of benzene rings is 1. The summed E-state index contributed by atoms with van der Waals surface area (Å²) in [6.07, 6.45) is 0.626. The third-order valence-electron chi connectivity index (χ3n) is 1.66.